The van der Waals surface area contributed by atoms with Crippen LogP contribution >= 0.6 is 0 Å². The summed E-state index contributed by atoms with van der Waals surface area (Å²) in [5.74, 6) is 0.0814. The van der Waals surface area contributed by atoms with Crippen LogP contribution in [0, 0.1) is 5.92 Å². The highest BCUT2D eigenvalue weighted by Crippen LogP contribution is 2.17. The zero-order chi connectivity index (χ0) is 17.5. The van der Waals surface area contributed by atoms with E-state index in [9.17, 15) is 9.90 Å². The molecule has 0 aliphatic rings. The summed E-state index contributed by atoms with van der Waals surface area (Å²) in [5.41, 5.74) is 7.82. The second kappa shape index (κ2) is 8.62. The minimum atomic E-state index is -0.519. The minimum absolute atomic E-state index is 0.417. The van der Waals surface area contributed by atoms with Crippen LogP contribution in [0.5, 0.6) is 0 Å². The molecule has 1 amide bonds. The van der Waals surface area contributed by atoms with Crippen LogP contribution in [0.15, 0.2) is 54.6 Å². The largest absolute Gasteiger partial charge is 0.387 e. The van der Waals surface area contributed by atoms with Crippen LogP contribution in [-0.4, -0.2) is 29.0 Å². The van der Waals surface area contributed by atoms with E-state index in [1.807, 2.05) is 42.5 Å². The topological polar surface area (TPSA) is 66.6 Å². The second-order valence-corrected chi connectivity index (χ2v) is 6.58. The van der Waals surface area contributed by atoms with Crippen LogP contribution in [-0.2, 0) is 6.54 Å². The maximum atomic E-state index is 11.2. The Labute approximate surface area is 143 Å². The lowest BCUT2D eigenvalue weighted by Gasteiger charge is -2.27. The van der Waals surface area contributed by atoms with Crippen LogP contribution in [0.25, 0.3) is 0 Å². The van der Waals surface area contributed by atoms with E-state index >= 15 is 0 Å². The zero-order valence-corrected chi connectivity index (χ0v) is 14.4. The van der Waals surface area contributed by atoms with Crippen molar-refractivity contribution in [3.8, 4) is 0 Å². The molecule has 0 heterocycles. The van der Waals surface area contributed by atoms with Gasteiger partial charge in [0, 0.05) is 25.2 Å². The number of primary amides is 1. The molecule has 0 saturated carbocycles. The first-order valence-electron chi connectivity index (χ1n) is 8.30. The van der Waals surface area contributed by atoms with E-state index in [4.69, 9.17) is 5.73 Å². The van der Waals surface area contributed by atoms with E-state index < -0.39 is 12.0 Å². The van der Waals surface area contributed by atoms with Gasteiger partial charge in [-0.25, -0.2) is 0 Å². The third-order valence-corrected chi connectivity index (χ3v) is 3.88. The van der Waals surface area contributed by atoms with Crippen molar-refractivity contribution in [1.29, 1.82) is 0 Å². The smallest absolute Gasteiger partial charge is 0.248 e. The van der Waals surface area contributed by atoms with Crippen molar-refractivity contribution in [2.24, 2.45) is 11.7 Å². The lowest BCUT2D eigenvalue weighted by molar-refractivity contribution is 0.100. The van der Waals surface area contributed by atoms with Gasteiger partial charge in [0.2, 0.25) is 5.91 Å². The highest BCUT2D eigenvalue weighted by atomic mass is 16.3. The summed E-state index contributed by atoms with van der Waals surface area (Å²) >= 11 is 0. The molecular weight excluding hydrogens is 300 g/mol. The van der Waals surface area contributed by atoms with Crippen molar-refractivity contribution in [1.82, 2.24) is 4.90 Å². The Balaban J connectivity index is 2.06. The minimum Gasteiger partial charge on any atom is -0.387 e. The Kier molecular flexibility index (Phi) is 6.53. The Morgan fingerprint density at radius 3 is 2.21 bits per heavy atom. The first-order valence-corrected chi connectivity index (χ1v) is 8.30. The first-order chi connectivity index (χ1) is 11.5. The molecule has 0 unspecified atom stereocenters. The van der Waals surface area contributed by atoms with Gasteiger partial charge in [0.1, 0.15) is 0 Å². The molecule has 0 saturated heterocycles. The van der Waals surface area contributed by atoms with Gasteiger partial charge in [-0.15, -0.1) is 0 Å². The number of carbonyl (C=O) groups excluding carboxylic acids is 1. The summed E-state index contributed by atoms with van der Waals surface area (Å²) in [4.78, 5) is 13.4. The number of carbonyl (C=O) groups is 1. The van der Waals surface area contributed by atoms with E-state index in [0.29, 0.717) is 18.0 Å². The van der Waals surface area contributed by atoms with Gasteiger partial charge in [0.05, 0.1) is 6.10 Å². The van der Waals surface area contributed by atoms with Crippen LogP contribution in [0.1, 0.15) is 41.4 Å². The van der Waals surface area contributed by atoms with Gasteiger partial charge in [-0.05, 0) is 29.2 Å². The van der Waals surface area contributed by atoms with E-state index in [1.54, 1.807) is 12.1 Å². The number of nitrogens with two attached hydrogens (primary N) is 1. The summed E-state index contributed by atoms with van der Waals surface area (Å²) in [6.07, 6.45) is -0.519. The third kappa shape index (κ3) is 5.48. The summed E-state index contributed by atoms with van der Waals surface area (Å²) in [6.45, 7) is 6.51. The number of nitrogens with zero attached hydrogens (tertiary/aromatic N) is 1. The highest BCUT2D eigenvalue weighted by Gasteiger charge is 2.15. The zero-order valence-electron chi connectivity index (χ0n) is 14.4. The fourth-order valence-electron chi connectivity index (χ4n) is 2.78. The monoisotopic (exact) mass is 326 g/mol. The standard InChI is InChI=1S/C20H26N2O2/c1-15(2)12-22(14-19(23)17-6-4-3-5-7-17)13-16-8-10-18(11-9-16)20(21)24/h3-11,15,19,23H,12-14H2,1-2H3,(H2,21,24)/t19-/m0/s1. The molecule has 0 aliphatic heterocycles. The van der Waals surface area contributed by atoms with Crippen LogP contribution in [0.3, 0.4) is 0 Å². The number of aliphatic hydroxyl groups excluding tert-OH is 1. The molecule has 2 rings (SSSR count). The lowest BCUT2D eigenvalue weighted by Crippen LogP contribution is -2.31. The van der Waals surface area contributed by atoms with Crippen LogP contribution in [0.4, 0.5) is 0 Å². The summed E-state index contributed by atoms with van der Waals surface area (Å²) in [5, 5.41) is 10.5. The second-order valence-electron chi connectivity index (χ2n) is 6.58. The molecular formula is C20H26N2O2. The molecule has 0 aromatic heterocycles. The molecule has 1 atom stereocenters. The summed E-state index contributed by atoms with van der Waals surface area (Å²) < 4.78 is 0. The maximum Gasteiger partial charge on any atom is 0.248 e. The third-order valence-electron chi connectivity index (χ3n) is 3.88. The molecule has 128 valence electrons. The summed E-state index contributed by atoms with van der Waals surface area (Å²) in [6, 6.07) is 17.0. The van der Waals surface area contributed by atoms with E-state index in [2.05, 4.69) is 18.7 Å². The van der Waals surface area contributed by atoms with Crippen LogP contribution in [0.2, 0.25) is 0 Å². The van der Waals surface area contributed by atoms with Crippen molar-refractivity contribution in [2.75, 3.05) is 13.1 Å². The maximum absolute atomic E-state index is 11.2. The van der Waals surface area contributed by atoms with Crippen molar-refractivity contribution in [2.45, 2.75) is 26.5 Å². The molecule has 0 fully saturated rings. The van der Waals surface area contributed by atoms with Gasteiger partial charge in [-0.1, -0.05) is 56.3 Å². The molecule has 0 bridgehead atoms. The van der Waals surface area contributed by atoms with Crippen molar-refractivity contribution in [3.05, 3.63) is 71.3 Å². The number of benzene rings is 2. The van der Waals surface area contributed by atoms with Crippen LogP contribution < -0.4 is 5.73 Å². The first kappa shape index (κ1) is 18.2. The Bertz CT molecular complexity index is 638. The summed E-state index contributed by atoms with van der Waals surface area (Å²) in [7, 11) is 0. The Hall–Kier alpha value is -2.17. The molecule has 0 aliphatic carbocycles. The average molecular weight is 326 g/mol. The molecule has 2 aromatic rings. The number of rotatable bonds is 8. The van der Waals surface area contributed by atoms with Gasteiger partial charge >= 0.3 is 0 Å². The predicted molar refractivity (Wildman–Crippen MR) is 96.5 cm³/mol. The molecule has 3 N–H and O–H groups in total. The van der Waals surface area contributed by atoms with Gasteiger partial charge in [0.25, 0.3) is 0 Å². The van der Waals surface area contributed by atoms with E-state index in [-0.39, 0.29) is 0 Å². The van der Waals surface area contributed by atoms with Gasteiger partial charge in [0.15, 0.2) is 0 Å². The number of hydrogen-bond donors (Lipinski definition) is 2. The normalized spacial score (nSPS) is 12.5. The number of hydrogen-bond acceptors (Lipinski definition) is 3. The molecule has 2 aromatic carbocycles. The van der Waals surface area contributed by atoms with E-state index in [1.165, 1.54) is 0 Å². The number of aliphatic hydroxyl groups is 1. The Morgan fingerprint density at radius 2 is 1.67 bits per heavy atom. The van der Waals surface area contributed by atoms with Gasteiger partial charge in [-0.3, -0.25) is 9.69 Å². The fraction of sp³-hybridized carbons (Fsp3) is 0.350. The van der Waals surface area contributed by atoms with Crippen molar-refractivity contribution in [3.63, 3.8) is 0 Å². The lowest BCUT2D eigenvalue weighted by atomic mass is 10.1. The Morgan fingerprint density at radius 1 is 1.04 bits per heavy atom. The molecule has 0 radical (unpaired) electrons. The average Bonchev–Trinajstić information content (AvgIpc) is 2.55. The fourth-order valence-corrected chi connectivity index (χ4v) is 2.78. The SMILES string of the molecule is CC(C)CN(Cc1ccc(C(N)=O)cc1)C[C@H](O)c1ccccc1. The van der Waals surface area contributed by atoms with E-state index in [0.717, 1.165) is 24.2 Å². The molecule has 24 heavy (non-hydrogen) atoms. The molecule has 0 spiro atoms. The van der Waals surface area contributed by atoms with Gasteiger partial charge < -0.3 is 10.8 Å². The molecule has 4 nitrogen and oxygen atoms in total. The highest BCUT2D eigenvalue weighted by molar-refractivity contribution is 5.92. The van der Waals surface area contributed by atoms with Crippen molar-refractivity contribution >= 4 is 5.91 Å². The van der Waals surface area contributed by atoms with Gasteiger partial charge in [-0.2, -0.15) is 0 Å². The molecule has 4 heteroatoms. The number of amides is 1. The quantitative estimate of drug-likeness (QED) is 0.784. The predicted octanol–water partition coefficient (Wildman–Crippen LogP) is 2.98. The van der Waals surface area contributed by atoms with Crippen molar-refractivity contribution < 1.29 is 9.90 Å².